The van der Waals surface area contributed by atoms with Gasteiger partial charge in [0.05, 0.1) is 18.2 Å². The highest BCUT2D eigenvalue weighted by Gasteiger charge is 2.34. The molecule has 2 unspecified atom stereocenters. The van der Waals surface area contributed by atoms with Crippen molar-refractivity contribution in [1.29, 1.82) is 0 Å². The molecule has 0 aliphatic carbocycles. The molecule has 1 fully saturated rings. The van der Waals surface area contributed by atoms with Crippen molar-refractivity contribution in [1.82, 2.24) is 10.5 Å². The van der Waals surface area contributed by atoms with E-state index in [9.17, 15) is 9.90 Å². The van der Waals surface area contributed by atoms with Gasteiger partial charge in [0.1, 0.15) is 11.5 Å². The van der Waals surface area contributed by atoms with Crippen LogP contribution in [-0.2, 0) is 22.5 Å². The van der Waals surface area contributed by atoms with Crippen molar-refractivity contribution in [3.8, 4) is 17.2 Å². The van der Waals surface area contributed by atoms with Gasteiger partial charge in [-0.3, -0.25) is 4.79 Å². The molecule has 0 radical (unpaired) electrons. The molecular formula is C22H22N2O5. The first-order chi connectivity index (χ1) is 14.1. The lowest BCUT2D eigenvalue weighted by atomic mass is 9.99. The first kappa shape index (κ1) is 19.2. The van der Waals surface area contributed by atoms with Crippen molar-refractivity contribution in [3.05, 3.63) is 71.6 Å². The molecule has 0 spiro atoms. The Labute approximate surface area is 168 Å². The molecule has 7 nitrogen and oxygen atoms in total. The largest absolute Gasteiger partial charge is 0.493 e. The van der Waals surface area contributed by atoms with E-state index in [0.717, 1.165) is 28.3 Å². The average Bonchev–Trinajstić information content (AvgIpc) is 3.27. The van der Waals surface area contributed by atoms with Crippen molar-refractivity contribution in [2.45, 2.75) is 26.1 Å². The van der Waals surface area contributed by atoms with Crippen LogP contribution in [0.4, 0.5) is 0 Å². The molecule has 1 saturated heterocycles. The van der Waals surface area contributed by atoms with Gasteiger partial charge in [-0.25, -0.2) is 15.3 Å². The molecule has 4 rings (SSSR count). The van der Waals surface area contributed by atoms with Crippen LogP contribution in [-0.4, -0.2) is 28.9 Å². The second-order valence-electron chi connectivity index (χ2n) is 6.92. The molecule has 3 aromatic rings. The number of rotatable bonds is 7. The molecule has 2 aromatic carbocycles. The van der Waals surface area contributed by atoms with Gasteiger partial charge in [0.15, 0.2) is 6.29 Å². The molecule has 29 heavy (non-hydrogen) atoms. The van der Waals surface area contributed by atoms with Crippen LogP contribution in [0.25, 0.3) is 11.5 Å². The number of ether oxygens (including phenoxy) is 1. The Morgan fingerprint density at radius 1 is 1.14 bits per heavy atom. The zero-order valence-electron chi connectivity index (χ0n) is 16.0. The SMILES string of the molecule is Cc1oc(-c2ccccc2)nc1CCOc1ccc(CC2C(=O)NOC2O)cc1. The van der Waals surface area contributed by atoms with Gasteiger partial charge in [-0.1, -0.05) is 30.3 Å². The highest BCUT2D eigenvalue weighted by atomic mass is 16.7. The predicted molar refractivity (Wildman–Crippen MR) is 105 cm³/mol. The van der Waals surface area contributed by atoms with E-state index in [2.05, 4.69) is 10.5 Å². The fourth-order valence-corrected chi connectivity index (χ4v) is 3.20. The minimum absolute atomic E-state index is 0.310. The zero-order chi connectivity index (χ0) is 20.2. The van der Waals surface area contributed by atoms with Crippen LogP contribution in [0, 0.1) is 12.8 Å². The van der Waals surface area contributed by atoms with Crippen molar-refractivity contribution >= 4 is 5.91 Å². The summed E-state index contributed by atoms with van der Waals surface area (Å²) in [7, 11) is 0. The van der Waals surface area contributed by atoms with Crippen molar-refractivity contribution in [3.63, 3.8) is 0 Å². The zero-order valence-corrected chi connectivity index (χ0v) is 16.0. The summed E-state index contributed by atoms with van der Waals surface area (Å²) in [6.07, 6.45) is -0.0893. The molecule has 2 heterocycles. The average molecular weight is 394 g/mol. The van der Waals surface area contributed by atoms with Crippen LogP contribution in [0.2, 0.25) is 0 Å². The van der Waals surface area contributed by atoms with Crippen LogP contribution >= 0.6 is 0 Å². The van der Waals surface area contributed by atoms with Crippen molar-refractivity contribution < 1.29 is 23.9 Å². The maximum absolute atomic E-state index is 11.6. The molecule has 2 atom stereocenters. The number of nitrogens with one attached hydrogen (secondary N) is 1. The van der Waals surface area contributed by atoms with E-state index in [4.69, 9.17) is 14.0 Å². The minimum atomic E-state index is -1.12. The summed E-state index contributed by atoms with van der Waals surface area (Å²) in [5.41, 5.74) is 4.93. The number of oxazole rings is 1. The highest BCUT2D eigenvalue weighted by molar-refractivity contribution is 5.79. The Morgan fingerprint density at radius 2 is 1.90 bits per heavy atom. The van der Waals surface area contributed by atoms with Gasteiger partial charge < -0.3 is 14.3 Å². The maximum atomic E-state index is 11.6. The Bertz CT molecular complexity index is 969. The normalized spacial score (nSPS) is 18.6. The molecule has 7 heteroatoms. The minimum Gasteiger partial charge on any atom is -0.493 e. The standard InChI is InChI=1S/C22H22N2O5/c1-14-19(23-21(28-14)16-5-3-2-4-6-16)11-12-27-17-9-7-15(8-10-17)13-18-20(25)24-29-22(18)26/h2-10,18,22,26H,11-13H2,1H3,(H,24,25). The van der Waals surface area contributed by atoms with Crippen LogP contribution in [0.15, 0.2) is 59.0 Å². The number of aromatic nitrogens is 1. The highest BCUT2D eigenvalue weighted by Crippen LogP contribution is 2.23. The van der Waals surface area contributed by atoms with Crippen molar-refractivity contribution in [2.24, 2.45) is 5.92 Å². The maximum Gasteiger partial charge on any atom is 0.252 e. The molecule has 150 valence electrons. The monoisotopic (exact) mass is 394 g/mol. The number of carbonyl (C=O) groups excluding carboxylic acids is 1. The van der Waals surface area contributed by atoms with Crippen molar-refractivity contribution in [2.75, 3.05) is 6.61 Å². The van der Waals surface area contributed by atoms with Gasteiger partial charge >= 0.3 is 0 Å². The summed E-state index contributed by atoms with van der Waals surface area (Å²) < 4.78 is 11.6. The molecule has 1 amide bonds. The van der Waals surface area contributed by atoms with Gasteiger partial charge in [-0.05, 0) is 43.2 Å². The molecule has 0 saturated carbocycles. The number of hydrogen-bond acceptors (Lipinski definition) is 6. The van der Waals surface area contributed by atoms with E-state index in [1.54, 1.807) is 0 Å². The fourth-order valence-electron chi connectivity index (χ4n) is 3.20. The second kappa shape index (κ2) is 8.46. The van der Waals surface area contributed by atoms with E-state index in [0.29, 0.717) is 25.3 Å². The van der Waals surface area contributed by atoms with E-state index in [1.807, 2.05) is 61.5 Å². The fraction of sp³-hybridized carbons (Fsp3) is 0.273. The van der Waals surface area contributed by atoms with E-state index >= 15 is 0 Å². The van der Waals surface area contributed by atoms with Crippen LogP contribution < -0.4 is 10.2 Å². The number of benzene rings is 2. The third-order valence-corrected chi connectivity index (χ3v) is 4.86. The number of nitrogens with zero attached hydrogens (tertiary/aromatic N) is 1. The van der Waals surface area contributed by atoms with E-state index in [-0.39, 0.29) is 5.91 Å². The van der Waals surface area contributed by atoms with Crippen LogP contribution in [0.1, 0.15) is 17.0 Å². The Kier molecular flexibility index (Phi) is 5.59. The molecule has 1 aliphatic heterocycles. The van der Waals surface area contributed by atoms with E-state index < -0.39 is 12.2 Å². The lowest BCUT2D eigenvalue weighted by Crippen LogP contribution is -2.23. The molecule has 1 aromatic heterocycles. The Morgan fingerprint density at radius 3 is 2.59 bits per heavy atom. The third-order valence-electron chi connectivity index (χ3n) is 4.86. The quantitative estimate of drug-likeness (QED) is 0.640. The Hall–Kier alpha value is -3.16. The summed E-state index contributed by atoms with van der Waals surface area (Å²) in [6.45, 7) is 2.37. The van der Waals surface area contributed by atoms with Gasteiger partial charge in [-0.2, -0.15) is 0 Å². The summed E-state index contributed by atoms with van der Waals surface area (Å²) in [5.74, 6) is 1.22. The molecular weight excluding hydrogens is 372 g/mol. The van der Waals surface area contributed by atoms with Gasteiger partial charge in [0, 0.05) is 12.0 Å². The summed E-state index contributed by atoms with van der Waals surface area (Å²) in [4.78, 5) is 20.9. The molecule has 0 bridgehead atoms. The Balaban J connectivity index is 1.31. The number of carbonyl (C=O) groups is 1. The third kappa shape index (κ3) is 4.47. The number of aryl methyl sites for hydroxylation is 1. The number of aliphatic hydroxyl groups excluding tert-OH is 1. The van der Waals surface area contributed by atoms with Crippen LogP contribution in [0.3, 0.4) is 0 Å². The summed E-state index contributed by atoms with van der Waals surface area (Å²) >= 11 is 0. The van der Waals surface area contributed by atoms with Gasteiger partial charge in [-0.15, -0.1) is 0 Å². The number of amides is 1. The number of hydrogen-bond donors (Lipinski definition) is 2. The smallest absolute Gasteiger partial charge is 0.252 e. The van der Waals surface area contributed by atoms with Gasteiger partial charge in [0.2, 0.25) is 5.89 Å². The molecule has 2 N–H and O–H groups in total. The number of aliphatic hydroxyl groups is 1. The molecule has 1 aliphatic rings. The summed E-state index contributed by atoms with van der Waals surface area (Å²) in [6, 6.07) is 17.2. The second-order valence-corrected chi connectivity index (χ2v) is 6.92. The van der Waals surface area contributed by atoms with Crippen LogP contribution in [0.5, 0.6) is 5.75 Å². The first-order valence-corrected chi connectivity index (χ1v) is 9.47. The van der Waals surface area contributed by atoms with E-state index in [1.165, 1.54) is 0 Å². The predicted octanol–water partition coefficient (Wildman–Crippen LogP) is 2.81. The first-order valence-electron chi connectivity index (χ1n) is 9.47. The number of hydroxylamine groups is 1. The lowest BCUT2D eigenvalue weighted by molar-refractivity contribution is -0.129. The topological polar surface area (TPSA) is 93.8 Å². The van der Waals surface area contributed by atoms with Gasteiger partial charge in [0.25, 0.3) is 5.91 Å². The lowest BCUT2D eigenvalue weighted by Gasteiger charge is -2.10. The summed E-state index contributed by atoms with van der Waals surface area (Å²) in [5, 5.41) is 9.65.